The van der Waals surface area contributed by atoms with Gasteiger partial charge < -0.3 is 5.11 Å². The standard InChI is InChI=1S/C15H18ClFO/c16-14-11(2-1-3-13(14)17)8-15(9-18)7-10-4-5-12(15)6-10/h1-3,10,12,18H,4-9H2. The summed E-state index contributed by atoms with van der Waals surface area (Å²) in [6, 6.07) is 4.97. The first-order valence-electron chi connectivity index (χ1n) is 6.68. The summed E-state index contributed by atoms with van der Waals surface area (Å²) in [5, 5.41) is 10.1. The van der Waals surface area contributed by atoms with Crippen LogP contribution in [0.4, 0.5) is 4.39 Å². The molecule has 2 aliphatic carbocycles. The second-order valence-corrected chi connectivity index (χ2v) is 6.37. The predicted octanol–water partition coefficient (Wildman–Crippen LogP) is 3.82. The van der Waals surface area contributed by atoms with E-state index in [1.54, 1.807) is 6.07 Å². The number of fused-ring (bicyclic) bond motifs is 2. The van der Waals surface area contributed by atoms with Crippen LogP contribution in [0.2, 0.25) is 5.02 Å². The Labute approximate surface area is 112 Å². The van der Waals surface area contributed by atoms with E-state index < -0.39 is 0 Å². The van der Waals surface area contributed by atoms with Gasteiger partial charge in [0, 0.05) is 12.0 Å². The fraction of sp³-hybridized carbons (Fsp3) is 0.600. The number of aliphatic hydroxyl groups is 1. The summed E-state index contributed by atoms with van der Waals surface area (Å²) in [7, 11) is 0. The van der Waals surface area contributed by atoms with Crippen molar-refractivity contribution in [3.05, 3.63) is 34.6 Å². The molecule has 1 N–H and O–H groups in total. The van der Waals surface area contributed by atoms with Crippen LogP contribution in [0.25, 0.3) is 0 Å². The zero-order valence-electron chi connectivity index (χ0n) is 10.3. The summed E-state index contributed by atoms with van der Waals surface area (Å²) >= 11 is 6.04. The van der Waals surface area contributed by atoms with E-state index in [-0.39, 0.29) is 22.9 Å². The number of rotatable bonds is 3. The lowest BCUT2D eigenvalue weighted by Gasteiger charge is -2.36. The van der Waals surface area contributed by atoms with Crippen molar-refractivity contribution in [2.45, 2.75) is 32.1 Å². The van der Waals surface area contributed by atoms with Gasteiger partial charge in [0.05, 0.1) is 5.02 Å². The second kappa shape index (κ2) is 4.50. The molecule has 0 aliphatic heterocycles. The van der Waals surface area contributed by atoms with E-state index in [4.69, 9.17) is 11.6 Å². The third-order valence-electron chi connectivity index (χ3n) is 4.99. The quantitative estimate of drug-likeness (QED) is 0.884. The van der Waals surface area contributed by atoms with Crippen LogP contribution >= 0.6 is 11.6 Å². The van der Waals surface area contributed by atoms with Crippen LogP contribution < -0.4 is 0 Å². The predicted molar refractivity (Wildman–Crippen MR) is 70.1 cm³/mol. The summed E-state index contributed by atoms with van der Waals surface area (Å²) in [5.74, 6) is 0.992. The summed E-state index contributed by atoms with van der Waals surface area (Å²) in [5.41, 5.74) is 0.790. The van der Waals surface area contributed by atoms with E-state index in [1.165, 1.54) is 25.3 Å². The smallest absolute Gasteiger partial charge is 0.142 e. The van der Waals surface area contributed by atoms with Gasteiger partial charge in [-0.25, -0.2) is 4.39 Å². The molecule has 3 heteroatoms. The Kier molecular flexibility index (Phi) is 3.11. The molecule has 0 spiro atoms. The Morgan fingerprint density at radius 1 is 1.39 bits per heavy atom. The highest BCUT2D eigenvalue weighted by atomic mass is 35.5. The van der Waals surface area contributed by atoms with Gasteiger partial charge in [0.15, 0.2) is 0 Å². The van der Waals surface area contributed by atoms with Gasteiger partial charge in [-0.15, -0.1) is 0 Å². The molecule has 2 fully saturated rings. The number of halogens is 2. The highest BCUT2D eigenvalue weighted by Crippen LogP contribution is 2.57. The van der Waals surface area contributed by atoms with Gasteiger partial charge in [0.2, 0.25) is 0 Å². The SMILES string of the molecule is OCC1(Cc2cccc(F)c2Cl)CC2CCC1C2. The minimum absolute atomic E-state index is 0.0552. The lowest BCUT2D eigenvalue weighted by Crippen LogP contribution is -2.34. The number of hydrogen-bond donors (Lipinski definition) is 1. The van der Waals surface area contributed by atoms with Crippen LogP contribution in [-0.2, 0) is 6.42 Å². The third-order valence-corrected chi connectivity index (χ3v) is 5.41. The maximum Gasteiger partial charge on any atom is 0.142 e. The molecule has 0 saturated heterocycles. The molecule has 3 atom stereocenters. The van der Waals surface area contributed by atoms with Gasteiger partial charge in [-0.05, 0) is 49.1 Å². The van der Waals surface area contributed by atoms with Crippen LogP contribution in [0.5, 0.6) is 0 Å². The normalized spacial score (nSPS) is 34.2. The van der Waals surface area contributed by atoms with E-state index in [0.717, 1.165) is 17.9 Å². The van der Waals surface area contributed by atoms with Crippen molar-refractivity contribution >= 4 is 11.6 Å². The van der Waals surface area contributed by atoms with Crippen molar-refractivity contribution in [2.75, 3.05) is 6.61 Å². The molecule has 0 aromatic heterocycles. The molecule has 98 valence electrons. The number of hydrogen-bond acceptors (Lipinski definition) is 1. The number of aliphatic hydroxyl groups excluding tert-OH is 1. The summed E-state index contributed by atoms with van der Waals surface area (Å²) in [4.78, 5) is 0. The lowest BCUT2D eigenvalue weighted by atomic mass is 9.70. The highest BCUT2D eigenvalue weighted by Gasteiger charge is 2.50. The average Bonchev–Trinajstić information content (AvgIpc) is 2.96. The Morgan fingerprint density at radius 2 is 2.22 bits per heavy atom. The van der Waals surface area contributed by atoms with Crippen LogP contribution in [-0.4, -0.2) is 11.7 Å². The lowest BCUT2D eigenvalue weighted by molar-refractivity contribution is 0.0651. The molecule has 1 nitrogen and oxygen atoms in total. The van der Waals surface area contributed by atoms with E-state index in [0.29, 0.717) is 12.3 Å². The van der Waals surface area contributed by atoms with Crippen molar-refractivity contribution in [3.63, 3.8) is 0 Å². The van der Waals surface area contributed by atoms with Crippen molar-refractivity contribution < 1.29 is 9.50 Å². The molecule has 0 radical (unpaired) electrons. The molecule has 1 aromatic carbocycles. The minimum atomic E-state index is -0.356. The second-order valence-electron chi connectivity index (χ2n) is 5.99. The van der Waals surface area contributed by atoms with Crippen LogP contribution in [0, 0.1) is 23.1 Å². The zero-order chi connectivity index (χ0) is 12.8. The molecule has 3 unspecified atom stereocenters. The highest BCUT2D eigenvalue weighted by molar-refractivity contribution is 6.31. The van der Waals surface area contributed by atoms with Gasteiger partial charge in [-0.2, -0.15) is 0 Å². The molecule has 2 saturated carbocycles. The minimum Gasteiger partial charge on any atom is -0.396 e. The van der Waals surface area contributed by atoms with E-state index in [9.17, 15) is 9.50 Å². The molecule has 0 heterocycles. The first kappa shape index (κ1) is 12.4. The van der Waals surface area contributed by atoms with Crippen molar-refractivity contribution in [1.29, 1.82) is 0 Å². The van der Waals surface area contributed by atoms with Crippen molar-refractivity contribution in [1.82, 2.24) is 0 Å². The maximum atomic E-state index is 13.5. The summed E-state index contributed by atoms with van der Waals surface area (Å²) in [6.07, 6.45) is 5.51. The maximum absolute atomic E-state index is 13.5. The van der Waals surface area contributed by atoms with Gasteiger partial charge in [0.1, 0.15) is 5.82 Å². The molecule has 18 heavy (non-hydrogen) atoms. The fourth-order valence-corrected chi connectivity index (χ4v) is 4.28. The fourth-order valence-electron chi connectivity index (χ4n) is 4.09. The molecular weight excluding hydrogens is 251 g/mol. The van der Waals surface area contributed by atoms with Crippen LogP contribution in [0.3, 0.4) is 0 Å². The first-order chi connectivity index (χ1) is 8.64. The summed E-state index contributed by atoms with van der Waals surface area (Å²) in [6.45, 7) is 0.195. The summed E-state index contributed by atoms with van der Waals surface area (Å²) < 4.78 is 13.5. The Balaban J connectivity index is 1.88. The van der Waals surface area contributed by atoms with Gasteiger partial charge in [-0.3, -0.25) is 0 Å². The largest absolute Gasteiger partial charge is 0.396 e. The zero-order valence-corrected chi connectivity index (χ0v) is 11.1. The molecule has 2 aliphatic rings. The molecular formula is C15H18ClFO. The Hall–Kier alpha value is -0.600. The van der Waals surface area contributed by atoms with Crippen LogP contribution in [0.1, 0.15) is 31.2 Å². The van der Waals surface area contributed by atoms with E-state index >= 15 is 0 Å². The molecule has 0 amide bonds. The van der Waals surface area contributed by atoms with Gasteiger partial charge in [-0.1, -0.05) is 30.2 Å². The van der Waals surface area contributed by atoms with Crippen molar-refractivity contribution in [2.24, 2.45) is 17.3 Å². The Morgan fingerprint density at radius 3 is 2.83 bits per heavy atom. The molecule has 3 rings (SSSR count). The number of benzene rings is 1. The van der Waals surface area contributed by atoms with Crippen LogP contribution in [0.15, 0.2) is 18.2 Å². The molecule has 1 aromatic rings. The average molecular weight is 269 g/mol. The topological polar surface area (TPSA) is 20.2 Å². The Bertz CT molecular complexity index is 462. The van der Waals surface area contributed by atoms with E-state index in [2.05, 4.69) is 0 Å². The monoisotopic (exact) mass is 268 g/mol. The molecule has 2 bridgehead atoms. The van der Waals surface area contributed by atoms with Gasteiger partial charge in [0.25, 0.3) is 0 Å². The van der Waals surface area contributed by atoms with Crippen molar-refractivity contribution in [3.8, 4) is 0 Å². The van der Waals surface area contributed by atoms with E-state index in [1.807, 2.05) is 6.07 Å². The first-order valence-corrected chi connectivity index (χ1v) is 7.06. The van der Waals surface area contributed by atoms with Gasteiger partial charge >= 0.3 is 0 Å². The third kappa shape index (κ3) is 1.86.